The van der Waals surface area contributed by atoms with E-state index in [1.165, 1.54) is 24.5 Å². The first-order chi connectivity index (χ1) is 11.9. The van der Waals surface area contributed by atoms with Crippen LogP contribution in [0.3, 0.4) is 0 Å². The maximum absolute atomic E-state index is 12.4. The maximum atomic E-state index is 12.4. The summed E-state index contributed by atoms with van der Waals surface area (Å²) in [6, 6.07) is 7.74. The first-order valence-corrected chi connectivity index (χ1v) is 9.44. The molecular formula is C19H20BrNO3S. The fourth-order valence-corrected chi connectivity index (χ4v) is 3.86. The Labute approximate surface area is 160 Å². The van der Waals surface area contributed by atoms with Gasteiger partial charge in [-0.3, -0.25) is 4.79 Å². The van der Waals surface area contributed by atoms with Crippen molar-refractivity contribution in [1.29, 1.82) is 0 Å². The van der Waals surface area contributed by atoms with E-state index < -0.39 is 5.97 Å². The van der Waals surface area contributed by atoms with E-state index in [1.54, 1.807) is 0 Å². The number of halogens is 1. The number of hydrogen-bond donors (Lipinski definition) is 1. The van der Waals surface area contributed by atoms with Gasteiger partial charge in [0.05, 0.1) is 7.11 Å². The van der Waals surface area contributed by atoms with E-state index in [9.17, 15) is 9.59 Å². The minimum absolute atomic E-state index is 0.253. The van der Waals surface area contributed by atoms with Crippen LogP contribution < -0.4 is 5.32 Å². The van der Waals surface area contributed by atoms with E-state index >= 15 is 0 Å². The summed E-state index contributed by atoms with van der Waals surface area (Å²) >= 11 is 4.83. The van der Waals surface area contributed by atoms with Crippen molar-refractivity contribution >= 4 is 44.1 Å². The Balaban J connectivity index is 2.61. The zero-order valence-corrected chi connectivity index (χ0v) is 17.0. The summed E-state index contributed by atoms with van der Waals surface area (Å²) in [5, 5.41) is 3.34. The fraction of sp³-hybridized carbons (Fsp3) is 0.263. The molecule has 1 heterocycles. The molecule has 0 bridgehead atoms. The van der Waals surface area contributed by atoms with Crippen molar-refractivity contribution in [1.82, 2.24) is 0 Å². The van der Waals surface area contributed by atoms with Gasteiger partial charge in [0.1, 0.15) is 10.6 Å². The first kappa shape index (κ1) is 19.4. The Bertz CT molecular complexity index is 818. The number of allylic oxidation sites excluding steroid dienone is 1. The molecule has 2 rings (SSSR count). The molecule has 0 aliphatic rings. The van der Waals surface area contributed by atoms with Gasteiger partial charge in [0, 0.05) is 21.0 Å². The summed E-state index contributed by atoms with van der Waals surface area (Å²) in [6.45, 7) is 5.72. The molecule has 132 valence electrons. The van der Waals surface area contributed by atoms with Crippen LogP contribution >= 0.6 is 27.3 Å². The molecule has 4 nitrogen and oxygen atoms in total. The van der Waals surface area contributed by atoms with Crippen LogP contribution in [0.5, 0.6) is 0 Å². The number of esters is 1. The molecule has 0 radical (unpaired) electrons. The largest absolute Gasteiger partial charge is 0.465 e. The molecule has 0 aliphatic carbocycles. The molecule has 0 saturated heterocycles. The average molecular weight is 422 g/mol. The molecule has 0 atom stereocenters. The number of hydrogen-bond acceptors (Lipinski definition) is 4. The third kappa shape index (κ3) is 4.58. The number of thiophene rings is 1. The molecule has 0 aliphatic heterocycles. The highest BCUT2D eigenvalue weighted by molar-refractivity contribution is 9.10. The van der Waals surface area contributed by atoms with Gasteiger partial charge < -0.3 is 10.1 Å². The van der Waals surface area contributed by atoms with Crippen molar-refractivity contribution < 1.29 is 14.3 Å². The van der Waals surface area contributed by atoms with Gasteiger partial charge in [-0.05, 0) is 38.0 Å². The normalized spacial score (nSPS) is 10.3. The van der Waals surface area contributed by atoms with Crippen molar-refractivity contribution in [3.05, 3.63) is 50.8 Å². The lowest BCUT2D eigenvalue weighted by atomic mass is 10.00. The van der Waals surface area contributed by atoms with Crippen molar-refractivity contribution in [2.24, 2.45) is 0 Å². The summed E-state index contributed by atoms with van der Waals surface area (Å²) in [7, 11) is 1.35. The average Bonchev–Trinajstić information content (AvgIpc) is 2.92. The standard InChI is InChI=1S/C19H20BrNO3S/c1-5-14-16(12-6-8-13(20)9-7-12)17(19(23)24-4)18(25-14)21-15(22)10-11(2)3/h6-10H,5H2,1-4H3,(H,21,22). The second kappa shape index (κ2) is 8.45. The van der Waals surface area contributed by atoms with Crippen molar-refractivity contribution in [2.45, 2.75) is 27.2 Å². The Morgan fingerprint density at radius 3 is 2.40 bits per heavy atom. The van der Waals surface area contributed by atoms with E-state index in [0.29, 0.717) is 10.6 Å². The highest BCUT2D eigenvalue weighted by atomic mass is 79.9. The molecule has 1 N–H and O–H groups in total. The molecule has 6 heteroatoms. The number of benzene rings is 1. The smallest absolute Gasteiger partial charge is 0.341 e. The van der Waals surface area contributed by atoms with Crippen LogP contribution in [0.25, 0.3) is 11.1 Å². The van der Waals surface area contributed by atoms with Crippen molar-refractivity contribution in [3.8, 4) is 11.1 Å². The van der Waals surface area contributed by atoms with Gasteiger partial charge in [0.2, 0.25) is 5.91 Å². The number of rotatable bonds is 5. The number of amides is 1. The van der Waals surface area contributed by atoms with Crippen LogP contribution in [-0.2, 0) is 16.0 Å². The van der Waals surface area contributed by atoms with Gasteiger partial charge >= 0.3 is 5.97 Å². The molecule has 1 aromatic heterocycles. The number of methoxy groups -OCH3 is 1. The molecule has 1 aromatic carbocycles. The zero-order chi connectivity index (χ0) is 18.6. The summed E-state index contributed by atoms with van der Waals surface area (Å²) < 4.78 is 5.93. The van der Waals surface area contributed by atoms with E-state index in [4.69, 9.17) is 4.74 Å². The highest BCUT2D eigenvalue weighted by Crippen LogP contribution is 2.41. The Kier molecular flexibility index (Phi) is 6.56. The fourth-order valence-electron chi connectivity index (χ4n) is 2.44. The number of nitrogens with one attached hydrogen (secondary N) is 1. The molecule has 2 aromatic rings. The number of carbonyl (C=O) groups excluding carboxylic acids is 2. The van der Waals surface area contributed by atoms with E-state index in [2.05, 4.69) is 21.2 Å². The predicted molar refractivity (Wildman–Crippen MR) is 106 cm³/mol. The van der Waals surface area contributed by atoms with Crippen LogP contribution in [0, 0.1) is 0 Å². The van der Waals surface area contributed by atoms with Gasteiger partial charge in [0.15, 0.2) is 0 Å². The molecule has 0 unspecified atom stereocenters. The summed E-state index contributed by atoms with van der Waals surface area (Å²) in [4.78, 5) is 25.6. The summed E-state index contributed by atoms with van der Waals surface area (Å²) in [5.74, 6) is -0.710. The SMILES string of the molecule is CCc1sc(NC(=O)C=C(C)C)c(C(=O)OC)c1-c1ccc(Br)cc1. The van der Waals surface area contributed by atoms with E-state index in [0.717, 1.165) is 32.5 Å². The third-order valence-electron chi connectivity index (χ3n) is 3.48. The van der Waals surface area contributed by atoms with Crippen molar-refractivity contribution in [3.63, 3.8) is 0 Å². The molecule has 0 spiro atoms. The molecule has 1 amide bonds. The van der Waals surface area contributed by atoms with Gasteiger partial charge in [-0.25, -0.2) is 4.79 Å². The second-order valence-electron chi connectivity index (χ2n) is 5.67. The van der Waals surface area contributed by atoms with E-state index in [1.807, 2.05) is 45.0 Å². The predicted octanol–water partition coefficient (Wildman–Crippen LogP) is 5.43. The van der Waals surface area contributed by atoms with Crippen LogP contribution in [0.15, 0.2) is 40.4 Å². The van der Waals surface area contributed by atoms with Crippen LogP contribution in [-0.4, -0.2) is 19.0 Å². The summed E-state index contributed by atoms with van der Waals surface area (Å²) in [5.41, 5.74) is 3.03. The molecular weight excluding hydrogens is 402 g/mol. The van der Waals surface area contributed by atoms with Crippen LogP contribution in [0.1, 0.15) is 36.0 Å². The Hall–Kier alpha value is -1.92. The highest BCUT2D eigenvalue weighted by Gasteiger charge is 2.25. The molecule has 0 fully saturated rings. The van der Waals surface area contributed by atoms with Gasteiger partial charge in [-0.2, -0.15) is 0 Å². The maximum Gasteiger partial charge on any atom is 0.341 e. The quantitative estimate of drug-likeness (QED) is 0.516. The van der Waals surface area contributed by atoms with E-state index in [-0.39, 0.29) is 5.91 Å². The zero-order valence-electron chi connectivity index (χ0n) is 14.6. The Morgan fingerprint density at radius 1 is 1.24 bits per heavy atom. The minimum atomic E-state index is -0.457. The van der Waals surface area contributed by atoms with Crippen molar-refractivity contribution in [2.75, 3.05) is 12.4 Å². The second-order valence-corrected chi connectivity index (χ2v) is 7.69. The number of carbonyl (C=O) groups is 2. The summed E-state index contributed by atoms with van der Waals surface area (Å²) in [6.07, 6.45) is 2.25. The lowest BCUT2D eigenvalue weighted by molar-refractivity contribution is -0.111. The number of anilines is 1. The Morgan fingerprint density at radius 2 is 1.88 bits per heavy atom. The number of ether oxygens (including phenoxy) is 1. The molecule has 25 heavy (non-hydrogen) atoms. The van der Waals surface area contributed by atoms with Crippen LogP contribution in [0.2, 0.25) is 0 Å². The molecule has 0 saturated carbocycles. The lowest BCUT2D eigenvalue weighted by Crippen LogP contribution is -2.12. The van der Waals surface area contributed by atoms with Crippen LogP contribution in [0.4, 0.5) is 5.00 Å². The lowest BCUT2D eigenvalue weighted by Gasteiger charge is -2.08. The van der Waals surface area contributed by atoms with Gasteiger partial charge in [0.25, 0.3) is 0 Å². The monoisotopic (exact) mass is 421 g/mol. The first-order valence-electron chi connectivity index (χ1n) is 7.83. The third-order valence-corrected chi connectivity index (χ3v) is 5.26. The topological polar surface area (TPSA) is 55.4 Å². The van der Waals surface area contributed by atoms with Gasteiger partial charge in [-0.15, -0.1) is 11.3 Å². The minimum Gasteiger partial charge on any atom is -0.465 e. The number of aryl methyl sites for hydroxylation is 1. The van der Waals surface area contributed by atoms with Gasteiger partial charge in [-0.1, -0.05) is 40.6 Å².